The first kappa shape index (κ1) is 26.2. The summed E-state index contributed by atoms with van der Waals surface area (Å²) < 4.78 is 32.9. The Morgan fingerprint density at radius 2 is 1.43 bits per heavy atom. The van der Waals surface area contributed by atoms with Gasteiger partial charge < -0.3 is 28.1 Å². The zero-order chi connectivity index (χ0) is 25.5. The highest BCUT2D eigenvalue weighted by Crippen LogP contribution is 2.37. The number of esters is 4. The second kappa shape index (κ2) is 11.8. The summed E-state index contributed by atoms with van der Waals surface area (Å²) in [6.45, 7) is 4.34. The predicted molar refractivity (Wildman–Crippen MR) is 118 cm³/mol. The van der Waals surface area contributed by atoms with Crippen LogP contribution in [0.15, 0.2) is 40.0 Å². The molecule has 0 bridgehead atoms. The molecule has 1 aromatic carbocycles. The van der Waals surface area contributed by atoms with E-state index in [1.165, 1.54) is 13.8 Å². The van der Waals surface area contributed by atoms with Crippen molar-refractivity contribution < 1.29 is 47.3 Å². The van der Waals surface area contributed by atoms with E-state index < -0.39 is 53.7 Å². The molecule has 0 aliphatic carbocycles. The quantitative estimate of drug-likeness (QED) is 0.377. The molecule has 13 heteroatoms. The lowest BCUT2D eigenvalue weighted by molar-refractivity contribution is -0.237. The molecule has 0 N–H and O–H groups in total. The molecule has 0 radical (unpaired) electrons. The SMILES string of the molecule is CC(=O)OC[C@H]1O[C@@H](Sc2nnc(-c3ccccc3)o2)[C@H](OC(C)=O)[C@@H](OC(C)=O)[C@@H]1OC(C)=O. The zero-order valence-electron chi connectivity index (χ0n) is 19.4. The van der Waals surface area contributed by atoms with Gasteiger partial charge in [0, 0.05) is 33.3 Å². The summed E-state index contributed by atoms with van der Waals surface area (Å²) in [6.07, 6.45) is -4.80. The van der Waals surface area contributed by atoms with Gasteiger partial charge in [0.1, 0.15) is 12.7 Å². The average Bonchev–Trinajstić information content (AvgIpc) is 3.25. The molecule has 0 amide bonds. The van der Waals surface area contributed by atoms with E-state index in [2.05, 4.69) is 10.2 Å². The maximum absolute atomic E-state index is 11.9. The predicted octanol–water partition coefficient (Wildman–Crippen LogP) is 1.91. The summed E-state index contributed by atoms with van der Waals surface area (Å²) in [5, 5.41) is 8.09. The summed E-state index contributed by atoms with van der Waals surface area (Å²) in [5.41, 5.74) is -0.368. The van der Waals surface area contributed by atoms with Crippen molar-refractivity contribution in [2.45, 2.75) is 62.8 Å². The summed E-state index contributed by atoms with van der Waals surface area (Å²) in [5.74, 6) is -2.48. The number of hydrogen-bond acceptors (Lipinski definition) is 13. The van der Waals surface area contributed by atoms with Crippen LogP contribution in [-0.4, -0.2) is 70.5 Å². The number of aromatic nitrogens is 2. The fraction of sp³-hybridized carbons (Fsp3) is 0.455. The monoisotopic (exact) mass is 508 g/mol. The zero-order valence-corrected chi connectivity index (χ0v) is 20.2. The van der Waals surface area contributed by atoms with Gasteiger partial charge in [0.2, 0.25) is 5.89 Å². The van der Waals surface area contributed by atoms with E-state index in [9.17, 15) is 19.2 Å². The molecule has 1 aliphatic rings. The van der Waals surface area contributed by atoms with Gasteiger partial charge in [0.05, 0.1) is 0 Å². The highest BCUT2D eigenvalue weighted by molar-refractivity contribution is 7.99. The van der Waals surface area contributed by atoms with E-state index >= 15 is 0 Å². The summed E-state index contributed by atoms with van der Waals surface area (Å²) in [4.78, 5) is 47.0. The van der Waals surface area contributed by atoms with Gasteiger partial charge in [-0.3, -0.25) is 19.2 Å². The molecule has 1 saturated heterocycles. The Kier molecular flexibility index (Phi) is 8.82. The molecule has 3 rings (SSSR count). The second-order valence-corrected chi connectivity index (χ2v) is 8.47. The molecule has 0 spiro atoms. The minimum atomic E-state index is -1.27. The van der Waals surface area contributed by atoms with Crippen molar-refractivity contribution in [1.29, 1.82) is 0 Å². The Hall–Kier alpha value is -3.45. The third kappa shape index (κ3) is 7.26. The fourth-order valence-electron chi connectivity index (χ4n) is 3.34. The molecule has 1 aromatic heterocycles. The highest BCUT2D eigenvalue weighted by atomic mass is 32.2. The van der Waals surface area contributed by atoms with E-state index in [0.29, 0.717) is 5.56 Å². The first-order valence-electron chi connectivity index (χ1n) is 10.5. The van der Waals surface area contributed by atoms with Gasteiger partial charge in [0.25, 0.3) is 5.22 Å². The van der Waals surface area contributed by atoms with Crippen LogP contribution in [0.5, 0.6) is 0 Å². The number of benzene rings is 1. The van der Waals surface area contributed by atoms with Crippen molar-refractivity contribution in [1.82, 2.24) is 10.2 Å². The van der Waals surface area contributed by atoms with Crippen LogP contribution in [0.25, 0.3) is 11.5 Å². The molecule has 1 aliphatic heterocycles. The van der Waals surface area contributed by atoms with E-state index in [-0.39, 0.29) is 17.7 Å². The van der Waals surface area contributed by atoms with Gasteiger partial charge in [-0.05, 0) is 23.9 Å². The molecule has 188 valence electrons. The third-order valence-electron chi connectivity index (χ3n) is 4.59. The van der Waals surface area contributed by atoms with E-state index in [0.717, 1.165) is 25.6 Å². The average molecular weight is 509 g/mol. The Morgan fingerprint density at radius 1 is 0.829 bits per heavy atom. The molecular weight excluding hydrogens is 484 g/mol. The molecule has 2 aromatic rings. The van der Waals surface area contributed by atoms with E-state index in [1.807, 2.05) is 18.2 Å². The summed E-state index contributed by atoms with van der Waals surface area (Å²) >= 11 is 0.908. The van der Waals surface area contributed by atoms with Gasteiger partial charge in [-0.2, -0.15) is 0 Å². The smallest absolute Gasteiger partial charge is 0.303 e. The largest absolute Gasteiger partial charge is 0.463 e. The Morgan fingerprint density at radius 3 is 2.03 bits per heavy atom. The molecule has 35 heavy (non-hydrogen) atoms. The number of rotatable bonds is 8. The number of thioether (sulfide) groups is 1. The van der Waals surface area contributed by atoms with Crippen molar-refractivity contribution in [3.05, 3.63) is 30.3 Å². The molecule has 5 atom stereocenters. The molecule has 0 unspecified atom stereocenters. The van der Waals surface area contributed by atoms with Crippen LogP contribution in [0.3, 0.4) is 0 Å². The standard InChI is InChI=1S/C22H24N2O10S/c1-11(25)29-10-16-17(30-12(2)26)18(31-13(3)27)19(32-14(4)28)21(33-16)35-22-24-23-20(34-22)15-8-6-5-7-9-15/h5-9,16-19,21H,10H2,1-4H3/t16-,17-,18+,19-,21+/m1/s1. The molecule has 0 saturated carbocycles. The van der Waals surface area contributed by atoms with Crippen LogP contribution in [0.1, 0.15) is 27.7 Å². The van der Waals surface area contributed by atoms with Gasteiger partial charge in [-0.25, -0.2) is 0 Å². The van der Waals surface area contributed by atoms with Gasteiger partial charge in [0.15, 0.2) is 23.7 Å². The maximum Gasteiger partial charge on any atom is 0.303 e. The number of nitrogens with zero attached hydrogens (tertiary/aromatic N) is 2. The van der Waals surface area contributed by atoms with Crippen molar-refractivity contribution in [2.24, 2.45) is 0 Å². The Balaban J connectivity index is 1.94. The minimum Gasteiger partial charge on any atom is -0.463 e. The molecular formula is C22H24N2O10S. The Bertz CT molecular complexity index is 1060. The van der Waals surface area contributed by atoms with E-state index in [4.69, 9.17) is 28.1 Å². The van der Waals surface area contributed by atoms with Crippen molar-refractivity contribution >= 4 is 35.6 Å². The number of carbonyl (C=O) groups excluding carboxylic acids is 4. The number of ether oxygens (including phenoxy) is 5. The van der Waals surface area contributed by atoms with Crippen molar-refractivity contribution in [3.63, 3.8) is 0 Å². The first-order chi connectivity index (χ1) is 16.6. The van der Waals surface area contributed by atoms with Crippen LogP contribution in [0.2, 0.25) is 0 Å². The number of hydrogen-bond donors (Lipinski definition) is 0. The topological polar surface area (TPSA) is 153 Å². The van der Waals surface area contributed by atoms with E-state index in [1.54, 1.807) is 12.1 Å². The third-order valence-corrected chi connectivity index (χ3v) is 5.57. The van der Waals surface area contributed by atoms with Crippen molar-refractivity contribution in [2.75, 3.05) is 6.61 Å². The van der Waals surface area contributed by atoms with Gasteiger partial charge in [-0.15, -0.1) is 10.2 Å². The molecule has 12 nitrogen and oxygen atoms in total. The second-order valence-electron chi connectivity index (χ2n) is 7.42. The lowest BCUT2D eigenvalue weighted by Gasteiger charge is -2.43. The summed E-state index contributed by atoms with van der Waals surface area (Å²) in [6, 6.07) is 9.04. The van der Waals surface area contributed by atoms with Crippen LogP contribution in [0.4, 0.5) is 0 Å². The fourth-order valence-corrected chi connectivity index (χ4v) is 4.29. The molecule has 1 fully saturated rings. The maximum atomic E-state index is 11.9. The van der Waals surface area contributed by atoms with Crippen LogP contribution in [-0.2, 0) is 42.9 Å². The van der Waals surface area contributed by atoms with Crippen molar-refractivity contribution in [3.8, 4) is 11.5 Å². The summed E-state index contributed by atoms with van der Waals surface area (Å²) in [7, 11) is 0. The number of carbonyl (C=O) groups is 4. The highest BCUT2D eigenvalue weighted by Gasteiger charge is 2.53. The van der Waals surface area contributed by atoms with Crippen LogP contribution < -0.4 is 0 Å². The van der Waals surface area contributed by atoms with Crippen LogP contribution in [0, 0.1) is 0 Å². The lowest BCUT2D eigenvalue weighted by Crippen LogP contribution is -2.61. The lowest BCUT2D eigenvalue weighted by atomic mass is 9.99. The minimum absolute atomic E-state index is 0.0738. The van der Waals surface area contributed by atoms with Gasteiger partial charge >= 0.3 is 23.9 Å². The molecule has 2 heterocycles. The van der Waals surface area contributed by atoms with Gasteiger partial charge in [-0.1, -0.05) is 18.2 Å². The first-order valence-corrected chi connectivity index (χ1v) is 11.4. The normalized spacial score (nSPS) is 23.7. The Labute approximate surface area is 204 Å². The van der Waals surface area contributed by atoms with Crippen LogP contribution >= 0.6 is 11.8 Å².